The van der Waals surface area contributed by atoms with Crippen molar-refractivity contribution in [2.45, 2.75) is 45.2 Å². The van der Waals surface area contributed by atoms with Gasteiger partial charge in [0.2, 0.25) is 5.82 Å². The van der Waals surface area contributed by atoms with Crippen LogP contribution in [0.25, 0.3) is 0 Å². The Morgan fingerprint density at radius 2 is 2.08 bits per heavy atom. The molecule has 0 radical (unpaired) electrons. The van der Waals surface area contributed by atoms with E-state index in [9.17, 15) is 10.1 Å². The molecule has 8 heteroatoms. The average molecular weight is 350 g/mol. The molecule has 0 amide bonds. The average Bonchev–Trinajstić information content (AvgIpc) is 2.51. The Labute approximate surface area is 149 Å². The Morgan fingerprint density at radius 3 is 2.60 bits per heavy atom. The van der Waals surface area contributed by atoms with Gasteiger partial charge in [-0.15, -0.1) is 0 Å². The quantitative estimate of drug-likeness (QED) is 0.623. The summed E-state index contributed by atoms with van der Waals surface area (Å²) in [5.41, 5.74) is 0.695. The lowest BCUT2D eigenvalue weighted by molar-refractivity contribution is -0.383. The van der Waals surface area contributed by atoms with Gasteiger partial charge in [-0.2, -0.15) is 0 Å². The highest BCUT2D eigenvalue weighted by Crippen LogP contribution is 2.38. The maximum Gasteiger partial charge on any atom is 0.334 e. The molecule has 140 valence electrons. The van der Waals surface area contributed by atoms with Crippen molar-refractivity contribution in [2.75, 3.05) is 49.3 Å². The highest BCUT2D eigenvalue weighted by Gasteiger charge is 2.31. The molecule has 1 aliphatic rings. The number of nitrogens with zero attached hydrogens (tertiary/aromatic N) is 4. The van der Waals surface area contributed by atoms with E-state index in [4.69, 9.17) is 0 Å². The van der Waals surface area contributed by atoms with Crippen molar-refractivity contribution in [3.63, 3.8) is 0 Å². The minimum atomic E-state index is -0.339. The smallest absolute Gasteiger partial charge is 0.334 e. The summed E-state index contributed by atoms with van der Waals surface area (Å²) in [4.78, 5) is 19.7. The van der Waals surface area contributed by atoms with Gasteiger partial charge in [0.05, 0.1) is 4.92 Å². The molecule has 0 saturated carbocycles. The lowest BCUT2D eigenvalue weighted by atomic mass is 10.00. The van der Waals surface area contributed by atoms with Gasteiger partial charge in [-0.25, -0.2) is 4.98 Å². The summed E-state index contributed by atoms with van der Waals surface area (Å²) < 4.78 is 0. The third-order valence-electron chi connectivity index (χ3n) is 4.24. The van der Waals surface area contributed by atoms with Gasteiger partial charge in [-0.3, -0.25) is 10.1 Å². The van der Waals surface area contributed by atoms with E-state index < -0.39 is 0 Å². The molecule has 1 saturated heterocycles. The molecule has 8 nitrogen and oxygen atoms in total. The predicted octanol–water partition coefficient (Wildman–Crippen LogP) is 2.45. The van der Waals surface area contributed by atoms with Crippen LogP contribution in [0.15, 0.2) is 6.07 Å². The van der Waals surface area contributed by atoms with Crippen LogP contribution in [0.3, 0.4) is 0 Å². The van der Waals surface area contributed by atoms with Crippen molar-refractivity contribution in [3.05, 3.63) is 16.2 Å². The molecule has 25 heavy (non-hydrogen) atoms. The first kappa shape index (κ1) is 19.2. The zero-order valence-electron chi connectivity index (χ0n) is 16.1. The van der Waals surface area contributed by atoms with Crippen molar-refractivity contribution in [2.24, 2.45) is 0 Å². The number of piperidine rings is 1. The summed E-state index contributed by atoms with van der Waals surface area (Å²) in [6, 6.07) is 2.13. The Bertz CT molecular complexity index is 626. The van der Waals surface area contributed by atoms with Crippen LogP contribution in [-0.4, -0.2) is 55.7 Å². The van der Waals surface area contributed by atoms with E-state index >= 15 is 0 Å². The van der Waals surface area contributed by atoms with Crippen molar-refractivity contribution >= 4 is 23.0 Å². The van der Waals surface area contributed by atoms with Crippen LogP contribution in [0.4, 0.5) is 23.0 Å². The summed E-state index contributed by atoms with van der Waals surface area (Å²) in [5.74, 6) is 1.01. The lowest BCUT2D eigenvalue weighted by Gasteiger charge is -2.38. The second kappa shape index (κ2) is 7.43. The molecule has 2 N–H and O–H groups in total. The van der Waals surface area contributed by atoms with E-state index in [2.05, 4.69) is 41.3 Å². The van der Waals surface area contributed by atoms with E-state index in [1.165, 1.54) is 0 Å². The highest BCUT2D eigenvalue weighted by atomic mass is 16.6. The van der Waals surface area contributed by atoms with Crippen molar-refractivity contribution in [3.8, 4) is 0 Å². The van der Waals surface area contributed by atoms with Crippen LogP contribution in [-0.2, 0) is 0 Å². The SMILES string of the molecule is CNc1nc(N(C)C)cc(N2CCCC(NC(C)(C)C)C2)c1[N+](=O)[O-]. The van der Waals surface area contributed by atoms with Crippen LogP contribution in [0, 0.1) is 10.1 Å². The molecule has 1 aromatic heterocycles. The van der Waals surface area contributed by atoms with Gasteiger partial charge in [0.1, 0.15) is 11.5 Å². The topological polar surface area (TPSA) is 86.6 Å². The van der Waals surface area contributed by atoms with Gasteiger partial charge in [0, 0.05) is 51.9 Å². The van der Waals surface area contributed by atoms with Crippen LogP contribution in [0.5, 0.6) is 0 Å². The Kier molecular flexibility index (Phi) is 5.72. The van der Waals surface area contributed by atoms with Gasteiger partial charge in [0.25, 0.3) is 0 Å². The summed E-state index contributed by atoms with van der Waals surface area (Å²) in [6.45, 7) is 7.99. The van der Waals surface area contributed by atoms with Gasteiger partial charge in [-0.1, -0.05) is 0 Å². The van der Waals surface area contributed by atoms with Crippen LogP contribution < -0.4 is 20.4 Å². The number of hydrogen-bond donors (Lipinski definition) is 2. The minimum absolute atomic E-state index is 0.0167. The Hall–Kier alpha value is -2.09. The molecule has 1 aromatic rings. The van der Waals surface area contributed by atoms with E-state index in [0.717, 1.165) is 25.9 Å². The van der Waals surface area contributed by atoms with Crippen molar-refractivity contribution in [1.82, 2.24) is 10.3 Å². The van der Waals surface area contributed by atoms with Gasteiger partial charge in [-0.05, 0) is 33.6 Å². The predicted molar refractivity (Wildman–Crippen MR) is 103 cm³/mol. The molecule has 2 rings (SSSR count). The standard InChI is InChI=1S/C17H30N6O2/c1-17(2,3)20-12-8-7-9-22(11-12)13-10-14(21(5)6)19-16(18-4)15(13)23(24)25/h10,12,20H,7-9,11H2,1-6H3,(H,18,19). The van der Waals surface area contributed by atoms with E-state index in [1.54, 1.807) is 7.05 Å². The van der Waals surface area contributed by atoms with E-state index in [0.29, 0.717) is 23.4 Å². The molecule has 0 bridgehead atoms. The first-order valence-corrected chi connectivity index (χ1v) is 8.69. The largest absolute Gasteiger partial charge is 0.367 e. The Morgan fingerprint density at radius 1 is 1.40 bits per heavy atom. The van der Waals surface area contributed by atoms with Crippen LogP contribution >= 0.6 is 0 Å². The number of aromatic nitrogens is 1. The zero-order chi connectivity index (χ0) is 18.8. The second-order valence-corrected chi connectivity index (χ2v) is 7.78. The second-order valence-electron chi connectivity index (χ2n) is 7.78. The molecular weight excluding hydrogens is 320 g/mol. The first-order valence-electron chi connectivity index (χ1n) is 8.69. The van der Waals surface area contributed by atoms with Crippen molar-refractivity contribution in [1.29, 1.82) is 0 Å². The molecular formula is C17H30N6O2. The fourth-order valence-electron chi connectivity index (χ4n) is 3.26. The minimum Gasteiger partial charge on any atom is -0.367 e. The monoisotopic (exact) mass is 350 g/mol. The number of anilines is 3. The summed E-state index contributed by atoms with van der Waals surface area (Å²) in [5, 5.41) is 18.2. The highest BCUT2D eigenvalue weighted by molar-refractivity contribution is 5.78. The molecule has 1 aliphatic heterocycles. The number of nitro groups is 1. The molecule has 1 fully saturated rings. The third kappa shape index (κ3) is 4.72. The van der Waals surface area contributed by atoms with Gasteiger partial charge >= 0.3 is 5.69 Å². The van der Waals surface area contributed by atoms with E-state index in [1.807, 2.05) is 25.1 Å². The molecule has 0 spiro atoms. The van der Waals surface area contributed by atoms with Gasteiger partial charge in [0.15, 0.2) is 0 Å². The molecule has 0 aliphatic carbocycles. The summed E-state index contributed by atoms with van der Waals surface area (Å²) >= 11 is 0. The summed E-state index contributed by atoms with van der Waals surface area (Å²) in [6.07, 6.45) is 2.07. The fraction of sp³-hybridized carbons (Fsp3) is 0.706. The maximum absolute atomic E-state index is 11.7. The number of rotatable bonds is 5. The van der Waals surface area contributed by atoms with Crippen molar-refractivity contribution < 1.29 is 4.92 Å². The number of pyridine rings is 1. The van der Waals surface area contributed by atoms with E-state index in [-0.39, 0.29) is 16.1 Å². The Balaban J connectivity index is 2.41. The molecule has 0 aromatic carbocycles. The third-order valence-corrected chi connectivity index (χ3v) is 4.24. The molecule has 1 atom stereocenters. The lowest BCUT2D eigenvalue weighted by Crippen LogP contribution is -2.52. The van der Waals surface area contributed by atoms with Gasteiger partial charge < -0.3 is 20.4 Å². The fourth-order valence-corrected chi connectivity index (χ4v) is 3.26. The molecule has 2 heterocycles. The summed E-state index contributed by atoms with van der Waals surface area (Å²) in [7, 11) is 5.44. The normalized spacial score (nSPS) is 18.2. The first-order chi connectivity index (χ1) is 11.6. The van der Waals surface area contributed by atoms with Crippen LogP contribution in [0.2, 0.25) is 0 Å². The van der Waals surface area contributed by atoms with Crippen LogP contribution in [0.1, 0.15) is 33.6 Å². The maximum atomic E-state index is 11.7. The number of nitrogens with one attached hydrogen (secondary N) is 2. The number of hydrogen-bond acceptors (Lipinski definition) is 7. The molecule has 1 unspecified atom stereocenters. The zero-order valence-corrected chi connectivity index (χ0v) is 16.1.